The Hall–Kier alpha value is -0.690. The third-order valence-corrected chi connectivity index (χ3v) is 2.44. The molecule has 9 N–H and O–H groups in total. The van der Waals surface area contributed by atoms with E-state index in [0.29, 0.717) is 13.0 Å². The van der Waals surface area contributed by atoms with E-state index in [9.17, 15) is 4.79 Å². The molecule has 6 heteroatoms. The minimum atomic E-state index is -0.933. The Bertz CT molecular complexity index is 173. The summed E-state index contributed by atoms with van der Waals surface area (Å²) in [5.41, 5.74) is 21.0. The highest BCUT2D eigenvalue weighted by molar-refractivity contribution is 5.72. The number of rotatable bonds is 10. The van der Waals surface area contributed by atoms with Gasteiger partial charge < -0.3 is 28.0 Å². The molecular formula is C12H30N4O2. The highest BCUT2D eigenvalue weighted by Gasteiger charge is 2.09. The summed E-state index contributed by atoms with van der Waals surface area (Å²) < 4.78 is 0. The third kappa shape index (κ3) is 17.7. The molecule has 0 rings (SSSR count). The van der Waals surface area contributed by atoms with Gasteiger partial charge in [0.15, 0.2) is 0 Å². The first-order valence-corrected chi connectivity index (χ1v) is 6.68. The fourth-order valence-corrected chi connectivity index (χ4v) is 1.27. The lowest BCUT2D eigenvalue weighted by atomic mass is 10.1. The van der Waals surface area contributed by atoms with E-state index in [0.717, 1.165) is 38.8 Å². The van der Waals surface area contributed by atoms with Gasteiger partial charge in [0, 0.05) is 0 Å². The lowest BCUT2D eigenvalue weighted by Crippen LogP contribution is -2.29. The molecule has 0 fully saturated rings. The molecule has 0 saturated carbocycles. The maximum absolute atomic E-state index is 10.1. The Labute approximate surface area is 110 Å². The second-order valence-electron chi connectivity index (χ2n) is 4.22. The van der Waals surface area contributed by atoms with Gasteiger partial charge in [-0.1, -0.05) is 19.3 Å². The summed E-state index contributed by atoms with van der Waals surface area (Å²) in [4.78, 5) is 10.1. The van der Waals surface area contributed by atoms with Crippen molar-refractivity contribution in [3.63, 3.8) is 0 Å². The summed E-state index contributed by atoms with van der Waals surface area (Å²) in [6.07, 6.45) is 6.96. The molecule has 0 aliphatic rings. The minimum Gasteiger partial charge on any atom is -0.480 e. The summed E-state index contributed by atoms with van der Waals surface area (Å²) in [7, 11) is 0. The van der Waals surface area contributed by atoms with Crippen LogP contribution in [-0.4, -0.2) is 36.8 Å². The van der Waals surface area contributed by atoms with Crippen LogP contribution in [0, 0.1) is 0 Å². The first-order chi connectivity index (χ1) is 8.59. The van der Waals surface area contributed by atoms with E-state index in [1.54, 1.807) is 0 Å². The highest BCUT2D eigenvalue weighted by Crippen LogP contribution is 1.97. The molecule has 0 bridgehead atoms. The smallest absolute Gasteiger partial charge is 0.320 e. The molecule has 0 saturated heterocycles. The fraction of sp³-hybridized carbons (Fsp3) is 0.917. The number of hydrogen-bond acceptors (Lipinski definition) is 5. The third-order valence-electron chi connectivity index (χ3n) is 2.44. The van der Waals surface area contributed by atoms with Crippen LogP contribution >= 0.6 is 0 Å². The molecule has 0 aromatic heterocycles. The fourth-order valence-electron chi connectivity index (χ4n) is 1.27. The summed E-state index contributed by atoms with van der Waals surface area (Å²) in [6, 6.07) is -0.716. The largest absolute Gasteiger partial charge is 0.480 e. The van der Waals surface area contributed by atoms with Crippen molar-refractivity contribution in [1.29, 1.82) is 0 Å². The van der Waals surface area contributed by atoms with E-state index in [1.807, 2.05) is 0 Å². The molecule has 6 nitrogen and oxygen atoms in total. The molecule has 18 heavy (non-hydrogen) atoms. The van der Waals surface area contributed by atoms with Gasteiger partial charge in [0.25, 0.3) is 0 Å². The molecule has 110 valence electrons. The summed E-state index contributed by atoms with van der Waals surface area (Å²) in [5.74, 6) is -0.933. The van der Waals surface area contributed by atoms with Crippen LogP contribution in [0.4, 0.5) is 0 Å². The van der Waals surface area contributed by atoms with Crippen molar-refractivity contribution < 1.29 is 9.90 Å². The van der Waals surface area contributed by atoms with Crippen LogP contribution in [0.2, 0.25) is 0 Å². The van der Waals surface area contributed by atoms with E-state index in [2.05, 4.69) is 0 Å². The van der Waals surface area contributed by atoms with Crippen molar-refractivity contribution in [2.24, 2.45) is 22.9 Å². The number of carboxylic acids is 1. The van der Waals surface area contributed by atoms with Gasteiger partial charge in [0.05, 0.1) is 0 Å². The molecular weight excluding hydrogens is 232 g/mol. The Morgan fingerprint density at radius 3 is 1.56 bits per heavy atom. The SMILES string of the molecule is NCCCCCCN.NCCCC[C@H](N)C(=O)O. The topological polar surface area (TPSA) is 141 Å². The quantitative estimate of drug-likeness (QED) is 0.351. The van der Waals surface area contributed by atoms with Gasteiger partial charge in [-0.15, -0.1) is 0 Å². The van der Waals surface area contributed by atoms with Crippen LogP contribution in [0.25, 0.3) is 0 Å². The first-order valence-electron chi connectivity index (χ1n) is 6.68. The molecule has 0 spiro atoms. The average molecular weight is 262 g/mol. The summed E-state index contributed by atoms with van der Waals surface area (Å²) in [6.45, 7) is 2.25. The molecule has 0 heterocycles. The molecule has 0 radical (unpaired) electrons. The van der Waals surface area contributed by atoms with Crippen LogP contribution in [0.3, 0.4) is 0 Å². The average Bonchev–Trinajstić information content (AvgIpc) is 2.35. The normalized spacial score (nSPS) is 11.6. The monoisotopic (exact) mass is 262 g/mol. The van der Waals surface area contributed by atoms with Crippen LogP contribution in [0.1, 0.15) is 44.9 Å². The number of unbranched alkanes of at least 4 members (excludes halogenated alkanes) is 4. The maximum Gasteiger partial charge on any atom is 0.320 e. The van der Waals surface area contributed by atoms with Gasteiger partial charge in [-0.05, 0) is 45.3 Å². The van der Waals surface area contributed by atoms with Crippen LogP contribution in [-0.2, 0) is 4.79 Å². The molecule has 0 aromatic rings. The van der Waals surface area contributed by atoms with Crippen molar-refractivity contribution in [3.05, 3.63) is 0 Å². The second kappa shape index (κ2) is 16.3. The van der Waals surface area contributed by atoms with E-state index in [4.69, 9.17) is 28.0 Å². The Kier molecular flexibility index (Phi) is 17.8. The second-order valence-corrected chi connectivity index (χ2v) is 4.22. The van der Waals surface area contributed by atoms with Crippen LogP contribution in [0.5, 0.6) is 0 Å². The number of hydrogen-bond donors (Lipinski definition) is 5. The first kappa shape index (κ1) is 19.6. The van der Waals surface area contributed by atoms with E-state index in [1.165, 1.54) is 12.8 Å². The predicted octanol–water partition coefficient (Wildman–Crippen LogP) is -0.00850. The molecule has 1 atom stereocenters. The van der Waals surface area contributed by atoms with Gasteiger partial charge in [0.2, 0.25) is 0 Å². The Balaban J connectivity index is 0. The molecule has 0 amide bonds. The van der Waals surface area contributed by atoms with Gasteiger partial charge in [-0.25, -0.2) is 0 Å². The van der Waals surface area contributed by atoms with Crippen molar-refractivity contribution >= 4 is 5.97 Å². The molecule has 0 aliphatic heterocycles. The molecule has 0 aliphatic carbocycles. The lowest BCUT2D eigenvalue weighted by molar-refractivity contribution is -0.138. The van der Waals surface area contributed by atoms with E-state index in [-0.39, 0.29) is 0 Å². The van der Waals surface area contributed by atoms with Crippen molar-refractivity contribution in [2.45, 2.75) is 51.0 Å². The zero-order chi connectivity index (χ0) is 14.2. The van der Waals surface area contributed by atoms with Crippen molar-refractivity contribution in [1.82, 2.24) is 0 Å². The Morgan fingerprint density at radius 2 is 1.22 bits per heavy atom. The van der Waals surface area contributed by atoms with Crippen molar-refractivity contribution in [2.75, 3.05) is 19.6 Å². The maximum atomic E-state index is 10.1. The number of carbonyl (C=O) groups is 1. The molecule has 0 unspecified atom stereocenters. The number of aliphatic carboxylic acids is 1. The highest BCUT2D eigenvalue weighted by atomic mass is 16.4. The van der Waals surface area contributed by atoms with E-state index < -0.39 is 12.0 Å². The summed E-state index contributed by atoms with van der Waals surface area (Å²) >= 11 is 0. The van der Waals surface area contributed by atoms with Gasteiger partial charge >= 0.3 is 5.97 Å². The molecule has 0 aromatic carbocycles. The van der Waals surface area contributed by atoms with Gasteiger partial charge in [-0.2, -0.15) is 0 Å². The minimum absolute atomic E-state index is 0.520. The van der Waals surface area contributed by atoms with Crippen molar-refractivity contribution in [3.8, 4) is 0 Å². The zero-order valence-corrected chi connectivity index (χ0v) is 11.3. The Morgan fingerprint density at radius 1 is 0.833 bits per heavy atom. The number of nitrogens with two attached hydrogens (primary N) is 4. The van der Waals surface area contributed by atoms with Crippen LogP contribution < -0.4 is 22.9 Å². The van der Waals surface area contributed by atoms with Gasteiger partial charge in [-0.3, -0.25) is 4.79 Å². The zero-order valence-electron chi connectivity index (χ0n) is 11.3. The van der Waals surface area contributed by atoms with Crippen LogP contribution in [0.15, 0.2) is 0 Å². The lowest BCUT2D eigenvalue weighted by Gasteiger charge is -2.03. The standard InChI is InChI=1S/C6H14N2O2.C6H16N2/c7-4-2-1-3-5(8)6(9)10;7-5-3-1-2-4-6-8/h5H,1-4,7-8H2,(H,9,10);1-8H2/t5-;/m0./s1. The predicted molar refractivity (Wildman–Crippen MR) is 75.1 cm³/mol. The van der Waals surface area contributed by atoms with Gasteiger partial charge in [0.1, 0.15) is 6.04 Å². The summed E-state index contributed by atoms with van der Waals surface area (Å²) in [5, 5.41) is 8.33. The number of carboxylic acid groups (broad SMARTS) is 1. The van der Waals surface area contributed by atoms with E-state index >= 15 is 0 Å².